The lowest BCUT2D eigenvalue weighted by Gasteiger charge is -2.35. The molecule has 0 atom stereocenters. The van der Waals surface area contributed by atoms with Crippen molar-refractivity contribution in [3.63, 3.8) is 0 Å². The zero-order chi connectivity index (χ0) is 19.1. The number of benzene rings is 1. The summed E-state index contributed by atoms with van der Waals surface area (Å²) >= 11 is 0. The summed E-state index contributed by atoms with van der Waals surface area (Å²) in [5.41, 5.74) is 3.59. The molecule has 146 valence electrons. The summed E-state index contributed by atoms with van der Waals surface area (Å²) in [5, 5.41) is 4.75. The highest BCUT2D eigenvalue weighted by Crippen LogP contribution is 2.31. The molecule has 0 bridgehead atoms. The lowest BCUT2D eigenvalue weighted by molar-refractivity contribution is 0.384. The van der Waals surface area contributed by atoms with E-state index in [9.17, 15) is 8.42 Å². The van der Waals surface area contributed by atoms with Crippen molar-refractivity contribution in [3.05, 3.63) is 54.0 Å². The average molecular weight is 398 g/mol. The maximum absolute atomic E-state index is 12.9. The van der Waals surface area contributed by atoms with Gasteiger partial charge in [-0.1, -0.05) is 18.2 Å². The maximum Gasteiger partial charge on any atom is 0.243 e. The van der Waals surface area contributed by atoms with Gasteiger partial charge in [-0.2, -0.15) is 9.40 Å². The number of hydrogen-bond donors (Lipinski definition) is 0. The fraction of sp³-hybridized carbons (Fsp3) is 0.400. The number of sulfonamides is 1. The smallest absolute Gasteiger partial charge is 0.243 e. The Bertz CT molecular complexity index is 1100. The molecule has 3 aromatic rings. The first kappa shape index (κ1) is 17.6. The van der Waals surface area contributed by atoms with Gasteiger partial charge in [0.05, 0.1) is 10.6 Å². The largest absolute Gasteiger partial charge is 0.352 e. The highest BCUT2D eigenvalue weighted by Gasteiger charge is 2.30. The SMILES string of the molecule is O=S(=O)(c1ccccc1)N1CCN(c2nccn3nc4c(c23)CCCC4)CC1. The van der Waals surface area contributed by atoms with Crippen molar-refractivity contribution in [2.24, 2.45) is 0 Å². The van der Waals surface area contributed by atoms with E-state index in [4.69, 9.17) is 5.10 Å². The predicted molar refractivity (Wildman–Crippen MR) is 107 cm³/mol. The molecule has 3 heterocycles. The Labute approximate surface area is 164 Å². The normalized spacial score (nSPS) is 18.4. The summed E-state index contributed by atoms with van der Waals surface area (Å²) in [5.74, 6) is 0.926. The Morgan fingerprint density at radius 1 is 0.929 bits per heavy atom. The van der Waals surface area contributed by atoms with Crippen LogP contribution in [0.5, 0.6) is 0 Å². The third kappa shape index (κ3) is 2.87. The van der Waals surface area contributed by atoms with Gasteiger partial charge in [-0.05, 0) is 37.8 Å². The lowest BCUT2D eigenvalue weighted by Crippen LogP contribution is -2.49. The van der Waals surface area contributed by atoms with E-state index in [1.807, 2.05) is 16.8 Å². The highest BCUT2D eigenvalue weighted by atomic mass is 32.2. The molecule has 0 N–H and O–H groups in total. The molecule has 7 nitrogen and oxygen atoms in total. The minimum Gasteiger partial charge on any atom is -0.352 e. The van der Waals surface area contributed by atoms with Gasteiger partial charge in [-0.25, -0.2) is 17.9 Å². The Balaban J connectivity index is 1.41. The monoisotopic (exact) mass is 397 g/mol. The second-order valence-corrected chi connectivity index (χ2v) is 9.32. The minimum absolute atomic E-state index is 0.355. The van der Waals surface area contributed by atoms with E-state index < -0.39 is 10.0 Å². The first-order valence-electron chi connectivity index (χ1n) is 9.80. The molecule has 5 rings (SSSR count). The van der Waals surface area contributed by atoms with Gasteiger partial charge in [0, 0.05) is 44.1 Å². The Hall–Kier alpha value is -2.45. The molecule has 0 unspecified atom stereocenters. The van der Waals surface area contributed by atoms with E-state index in [0.717, 1.165) is 24.2 Å². The number of anilines is 1. The molecular weight excluding hydrogens is 374 g/mol. The van der Waals surface area contributed by atoms with Crippen LogP contribution in [0.4, 0.5) is 5.82 Å². The van der Waals surface area contributed by atoms with Gasteiger partial charge in [0.2, 0.25) is 10.0 Å². The molecule has 1 aliphatic heterocycles. The molecule has 0 spiro atoms. The molecule has 0 saturated carbocycles. The fourth-order valence-electron chi connectivity index (χ4n) is 4.26. The summed E-state index contributed by atoms with van der Waals surface area (Å²) in [7, 11) is -3.44. The summed E-state index contributed by atoms with van der Waals surface area (Å²) in [6, 6.07) is 8.66. The standard InChI is InChI=1S/C20H23N5O2S/c26-28(27,16-6-2-1-3-7-16)24-14-12-23(13-15-24)20-19-17-8-4-5-9-18(17)22-25(19)11-10-21-20/h1-3,6-7,10-11H,4-5,8-9,12-15H2. The molecule has 8 heteroatoms. The van der Waals surface area contributed by atoms with Crippen LogP contribution in [0, 0.1) is 0 Å². The first-order valence-corrected chi connectivity index (χ1v) is 11.2. The number of nitrogens with zero attached hydrogens (tertiary/aromatic N) is 5. The highest BCUT2D eigenvalue weighted by molar-refractivity contribution is 7.89. The van der Waals surface area contributed by atoms with Crippen LogP contribution in [0.15, 0.2) is 47.6 Å². The second-order valence-electron chi connectivity index (χ2n) is 7.38. The van der Waals surface area contributed by atoms with E-state index in [1.54, 1.807) is 34.8 Å². The third-order valence-corrected chi connectivity index (χ3v) is 7.63. The molecule has 0 radical (unpaired) electrons. The van der Waals surface area contributed by atoms with E-state index >= 15 is 0 Å². The first-order chi connectivity index (χ1) is 13.6. The van der Waals surface area contributed by atoms with Crippen molar-refractivity contribution < 1.29 is 8.42 Å². The van der Waals surface area contributed by atoms with Gasteiger partial charge in [-0.3, -0.25) is 0 Å². The van der Waals surface area contributed by atoms with Crippen molar-refractivity contribution in [2.75, 3.05) is 31.1 Å². The van der Waals surface area contributed by atoms with Crippen LogP contribution in [0.1, 0.15) is 24.1 Å². The molecule has 1 saturated heterocycles. The number of aromatic nitrogens is 3. The molecule has 1 aliphatic carbocycles. The summed E-state index contributed by atoms with van der Waals surface area (Å²) in [6.07, 6.45) is 8.14. The summed E-state index contributed by atoms with van der Waals surface area (Å²) < 4.78 is 29.3. The predicted octanol–water partition coefficient (Wildman–Crippen LogP) is 2.12. The third-order valence-electron chi connectivity index (χ3n) is 5.72. The molecule has 2 aromatic heterocycles. The van der Waals surface area contributed by atoms with E-state index in [2.05, 4.69) is 9.88 Å². The zero-order valence-corrected chi connectivity index (χ0v) is 16.5. The van der Waals surface area contributed by atoms with Gasteiger partial charge in [0.1, 0.15) is 5.52 Å². The molecular formula is C20H23N5O2S. The average Bonchev–Trinajstić information content (AvgIpc) is 3.13. The number of hydrogen-bond acceptors (Lipinski definition) is 5. The van der Waals surface area contributed by atoms with Gasteiger partial charge in [0.15, 0.2) is 5.82 Å². The van der Waals surface area contributed by atoms with Crippen molar-refractivity contribution in [1.82, 2.24) is 18.9 Å². The van der Waals surface area contributed by atoms with Crippen molar-refractivity contribution in [2.45, 2.75) is 30.6 Å². The van der Waals surface area contributed by atoms with Gasteiger partial charge in [0.25, 0.3) is 0 Å². The van der Waals surface area contributed by atoms with Crippen LogP contribution in [0.3, 0.4) is 0 Å². The quantitative estimate of drug-likeness (QED) is 0.677. The number of rotatable bonds is 3. The van der Waals surface area contributed by atoms with Crippen LogP contribution in [-0.4, -0.2) is 53.5 Å². The van der Waals surface area contributed by atoms with E-state index in [1.165, 1.54) is 24.1 Å². The van der Waals surface area contributed by atoms with E-state index in [0.29, 0.717) is 31.1 Å². The topological polar surface area (TPSA) is 70.8 Å². The Morgan fingerprint density at radius 3 is 2.46 bits per heavy atom. The van der Waals surface area contributed by atoms with Crippen LogP contribution in [-0.2, 0) is 22.9 Å². The fourth-order valence-corrected chi connectivity index (χ4v) is 5.70. The summed E-state index contributed by atoms with van der Waals surface area (Å²) in [6.45, 7) is 2.16. The Kier molecular flexibility index (Phi) is 4.32. The molecule has 2 aliphatic rings. The van der Waals surface area contributed by atoms with Crippen molar-refractivity contribution >= 4 is 21.4 Å². The van der Waals surface area contributed by atoms with Crippen molar-refractivity contribution in [1.29, 1.82) is 0 Å². The van der Waals surface area contributed by atoms with Crippen LogP contribution < -0.4 is 4.90 Å². The second kappa shape index (κ2) is 6.86. The zero-order valence-electron chi connectivity index (χ0n) is 15.7. The molecule has 28 heavy (non-hydrogen) atoms. The maximum atomic E-state index is 12.9. The van der Waals surface area contributed by atoms with Crippen LogP contribution >= 0.6 is 0 Å². The minimum atomic E-state index is -3.44. The number of aryl methyl sites for hydroxylation is 2. The number of piperazine rings is 1. The molecule has 1 aromatic carbocycles. The van der Waals surface area contributed by atoms with Crippen molar-refractivity contribution in [3.8, 4) is 0 Å². The van der Waals surface area contributed by atoms with E-state index in [-0.39, 0.29) is 0 Å². The van der Waals surface area contributed by atoms with Gasteiger partial charge < -0.3 is 4.90 Å². The van der Waals surface area contributed by atoms with Gasteiger partial charge >= 0.3 is 0 Å². The lowest BCUT2D eigenvalue weighted by atomic mass is 9.97. The van der Waals surface area contributed by atoms with Crippen LogP contribution in [0.25, 0.3) is 5.52 Å². The van der Waals surface area contributed by atoms with Gasteiger partial charge in [-0.15, -0.1) is 0 Å². The molecule has 0 amide bonds. The molecule has 1 fully saturated rings. The van der Waals surface area contributed by atoms with Crippen LogP contribution in [0.2, 0.25) is 0 Å². The summed E-state index contributed by atoms with van der Waals surface area (Å²) in [4.78, 5) is 7.21. The number of fused-ring (bicyclic) bond motifs is 3. The Morgan fingerprint density at radius 2 is 1.68 bits per heavy atom.